The zero-order valence-corrected chi connectivity index (χ0v) is 20.7. The van der Waals surface area contributed by atoms with E-state index in [2.05, 4.69) is 20.1 Å². The van der Waals surface area contributed by atoms with Gasteiger partial charge in [0.2, 0.25) is 5.91 Å². The highest BCUT2D eigenvalue weighted by Crippen LogP contribution is 2.60. The van der Waals surface area contributed by atoms with Gasteiger partial charge in [0.1, 0.15) is 5.82 Å². The Morgan fingerprint density at radius 1 is 1.06 bits per heavy atom. The number of aromatic nitrogens is 3. The van der Waals surface area contributed by atoms with Crippen LogP contribution in [0.1, 0.15) is 88.1 Å². The molecule has 5 aliphatic rings. The van der Waals surface area contributed by atoms with Gasteiger partial charge < -0.3 is 9.88 Å². The Bertz CT molecular complexity index is 1010. The second kappa shape index (κ2) is 9.29. The van der Waals surface area contributed by atoms with Gasteiger partial charge in [0.05, 0.1) is 6.54 Å². The molecule has 0 aliphatic heterocycles. The van der Waals surface area contributed by atoms with Gasteiger partial charge in [-0.25, -0.2) is 4.39 Å². The third-order valence-corrected chi connectivity index (χ3v) is 9.87. The molecule has 7 rings (SSSR count). The maximum absolute atomic E-state index is 13.6. The van der Waals surface area contributed by atoms with E-state index in [1.807, 2.05) is 6.07 Å². The molecular formula is C27H35FN4OS. The lowest BCUT2D eigenvalue weighted by molar-refractivity contribution is -0.146. The first-order valence-corrected chi connectivity index (χ1v) is 14.2. The summed E-state index contributed by atoms with van der Waals surface area (Å²) in [5, 5.41) is 13.3. The molecule has 5 fully saturated rings. The number of hydrogen-bond donors (Lipinski definition) is 1. The first kappa shape index (κ1) is 22.6. The van der Waals surface area contributed by atoms with Gasteiger partial charge in [-0.3, -0.25) is 4.79 Å². The number of nitrogens with one attached hydrogen (secondary N) is 1. The van der Waals surface area contributed by atoms with Crippen molar-refractivity contribution in [3.8, 4) is 0 Å². The number of carbonyl (C=O) groups excluding carboxylic acids is 1. The largest absolute Gasteiger partial charge is 0.348 e. The molecule has 5 aliphatic carbocycles. The van der Waals surface area contributed by atoms with E-state index in [1.54, 1.807) is 23.9 Å². The van der Waals surface area contributed by atoms with Crippen LogP contribution in [0.4, 0.5) is 4.39 Å². The van der Waals surface area contributed by atoms with Crippen LogP contribution >= 0.6 is 11.8 Å². The second-order valence-corrected chi connectivity index (χ2v) is 12.3. The minimum atomic E-state index is -0.208. The highest BCUT2D eigenvalue weighted by Gasteiger charge is 2.54. The molecule has 1 heterocycles. The van der Waals surface area contributed by atoms with Crippen LogP contribution in [0, 0.1) is 29.0 Å². The number of rotatable bonds is 7. The lowest BCUT2D eigenvalue weighted by Gasteiger charge is -2.55. The van der Waals surface area contributed by atoms with Gasteiger partial charge >= 0.3 is 0 Å². The fourth-order valence-corrected chi connectivity index (χ4v) is 8.71. The molecule has 5 nitrogen and oxygen atoms in total. The molecule has 1 amide bonds. The molecule has 1 aromatic carbocycles. The van der Waals surface area contributed by atoms with E-state index in [-0.39, 0.29) is 17.1 Å². The van der Waals surface area contributed by atoms with Crippen LogP contribution in [0.2, 0.25) is 0 Å². The van der Waals surface area contributed by atoms with Crippen molar-refractivity contribution in [1.29, 1.82) is 0 Å². The van der Waals surface area contributed by atoms with Gasteiger partial charge in [-0.05, 0) is 86.8 Å². The van der Waals surface area contributed by atoms with Gasteiger partial charge in [0, 0.05) is 17.2 Å². The van der Waals surface area contributed by atoms with Gasteiger partial charge in [0.25, 0.3) is 0 Å². The maximum Gasteiger partial charge on any atom is 0.226 e. The summed E-state index contributed by atoms with van der Waals surface area (Å²) in [6.45, 7) is 0.449. The number of amides is 1. The normalized spacial score (nSPS) is 30.6. The summed E-state index contributed by atoms with van der Waals surface area (Å²) >= 11 is 1.61. The van der Waals surface area contributed by atoms with Crippen molar-refractivity contribution < 1.29 is 9.18 Å². The minimum absolute atomic E-state index is 0.139. The fourth-order valence-electron chi connectivity index (χ4n) is 7.74. The molecule has 1 N–H and O–H groups in total. The van der Waals surface area contributed by atoms with Crippen LogP contribution in [-0.2, 0) is 17.1 Å². The number of nitrogens with zero attached hydrogens (tertiary/aromatic N) is 3. The van der Waals surface area contributed by atoms with Crippen molar-refractivity contribution in [2.24, 2.45) is 23.2 Å². The Hall–Kier alpha value is -1.89. The van der Waals surface area contributed by atoms with Crippen LogP contribution in [0.25, 0.3) is 0 Å². The highest BCUT2D eigenvalue weighted by atomic mass is 32.2. The fraction of sp³-hybridized carbons (Fsp3) is 0.667. The third-order valence-electron chi connectivity index (χ3n) is 8.86. The average molecular weight is 483 g/mol. The van der Waals surface area contributed by atoms with E-state index in [1.165, 1.54) is 44.6 Å². The summed E-state index contributed by atoms with van der Waals surface area (Å²) in [5.41, 5.74) is 0.805. The number of thioether (sulfide) groups is 1. The Morgan fingerprint density at radius 3 is 2.44 bits per heavy atom. The number of halogens is 1. The first-order chi connectivity index (χ1) is 16.6. The van der Waals surface area contributed by atoms with Crippen LogP contribution in [0.3, 0.4) is 0 Å². The molecule has 0 atom stereocenters. The molecule has 0 saturated heterocycles. The lowest BCUT2D eigenvalue weighted by atomic mass is 9.49. The van der Waals surface area contributed by atoms with Crippen molar-refractivity contribution in [2.75, 3.05) is 0 Å². The summed E-state index contributed by atoms with van der Waals surface area (Å²) in [5.74, 6) is 3.84. The van der Waals surface area contributed by atoms with E-state index in [4.69, 9.17) is 0 Å². The molecule has 4 bridgehead atoms. The van der Waals surface area contributed by atoms with Crippen LogP contribution < -0.4 is 5.32 Å². The summed E-state index contributed by atoms with van der Waals surface area (Å²) in [4.78, 5) is 13.5. The Balaban J connectivity index is 1.18. The quantitative estimate of drug-likeness (QED) is 0.488. The Labute approximate surface area is 205 Å². The summed E-state index contributed by atoms with van der Waals surface area (Å²) in [7, 11) is 0. The number of benzene rings is 1. The zero-order chi connectivity index (χ0) is 23.1. The third kappa shape index (κ3) is 4.40. The summed E-state index contributed by atoms with van der Waals surface area (Å²) in [6, 6.07) is 7.14. The maximum atomic E-state index is 13.6. The van der Waals surface area contributed by atoms with Gasteiger partial charge in [0.15, 0.2) is 11.0 Å². The van der Waals surface area contributed by atoms with Crippen molar-refractivity contribution >= 4 is 17.7 Å². The predicted molar refractivity (Wildman–Crippen MR) is 131 cm³/mol. The number of carbonyl (C=O) groups is 1. The molecule has 0 unspecified atom stereocenters. The Morgan fingerprint density at radius 2 is 1.76 bits per heavy atom. The highest BCUT2D eigenvalue weighted by molar-refractivity contribution is 7.98. The van der Waals surface area contributed by atoms with Crippen molar-refractivity contribution in [3.05, 3.63) is 41.5 Å². The molecule has 7 heteroatoms. The summed E-state index contributed by atoms with van der Waals surface area (Å²) in [6.07, 6.45) is 13.2. The van der Waals surface area contributed by atoms with E-state index in [0.29, 0.717) is 18.3 Å². The monoisotopic (exact) mass is 482 g/mol. The minimum Gasteiger partial charge on any atom is -0.348 e. The van der Waals surface area contributed by atoms with Crippen LogP contribution in [-0.4, -0.2) is 20.7 Å². The van der Waals surface area contributed by atoms with Crippen molar-refractivity contribution in [3.63, 3.8) is 0 Å². The molecule has 1 aromatic heterocycles. The number of hydrogen-bond acceptors (Lipinski definition) is 4. The van der Waals surface area contributed by atoms with Gasteiger partial charge in [-0.1, -0.05) is 43.2 Å². The van der Waals surface area contributed by atoms with E-state index in [0.717, 1.165) is 66.4 Å². The van der Waals surface area contributed by atoms with Gasteiger partial charge in [-0.15, -0.1) is 10.2 Å². The zero-order valence-electron chi connectivity index (χ0n) is 19.8. The molecular weight excluding hydrogens is 447 g/mol. The Kier molecular flexibility index (Phi) is 6.16. The first-order valence-electron chi connectivity index (χ1n) is 13.2. The van der Waals surface area contributed by atoms with Gasteiger partial charge in [-0.2, -0.15) is 0 Å². The predicted octanol–water partition coefficient (Wildman–Crippen LogP) is 6.05. The van der Waals surface area contributed by atoms with E-state index < -0.39 is 0 Å². The van der Waals surface area contributed by atoms with E-state index >= 15 is 0 Å². The van der Waals surface area contributed by atoms with Crippen molar-refractivity contribution in [1.82, 2.24) is 20.1 Å². The molecule has 2 aromatic rings. The van der Waals surface area contributed by atoms with Crippen LogP contribution in [0.15, 0.2) is 29.4 Å². The molecule has 182 valence electrons. The molecule has 34 heavy (non-hydrogen) atoms. The van der Waals surface area contributed by atoms with E-state index in [9.17, 15) is 9.18 Å². The lowest BCUT2D eigenvalue weighted by Crippen LogP contribution is -2.53. The molecule has 0 radical (unpaired) electrons. The standard InChI is InChI=1S/C27H35FN4OS/c28-22-6-4-5-18(12-22)17-34-26-31-30-24(32(26)23-7-2-1-3-8-23)16-29-25(33)27-13-19-9-20(14-27)11-21(10-19)15-27/h4-6,12,19-21,23H,1-3,7-11,13-17H2,(H,29,33). The van der Waals surface area contributed by atoms with Crippen molar-refractivity contribution in [2.45, 2.75) is 94.1 Å². The smallest absolute Gasteiger partial charge is 0.226 e. The second-order valence-electron chi connectivity index (χ2n) is 11.4. The molecule has 5 saturated carbocycles. The average Bonchev–Trinajstić information content (AvgIpc) is 3.24. The summed E-state index contributed by atoms with van der Waals surface area (Å²) < 4.78 is 15.9. The van der Waals surface area contributed by atoms with Crippen LogP contribution in [0.5, 0.6) is 0 Å². The SMILES string of the molecule is O=C(NCc1nnc(SCc2cccc(F)c2)n1C1CCCCC1)C12CC3CC(CC(C3)C1)C2. The molecule has 0 spiro atoms. The topological polar surface area (TPSA) is 59.8 Å².